The van der Waals surface area contributed by atoms with E-state index in [9.17, 15) is 12.8 Å². The maximum Gasteiger partial charge on any atom is 0.216 e. The highest BCUT2D eigenvalue weighted by atomic mass is 32.2. The topological polar surface area (TPSA) is 66.4 Å². The molecule has 1 aromatic rings. The van der Waals surface area contributed by atoms with E-state index in [1.807, 2.05) is 0 Å². The molecule has 1 aromatic carbocycles. The number of benzene rings is 1. The molecule has 1 atom stereocenters. The van der Waals surface area contributed by atoms with Crippen LogP contribution in [0.4, 0.5) is 4.39 Å². The third kappa shape index (κ3) is 4.80. The highest BCUT2D eigenvalue weighted by molar-refractivity contribution is 7.88. The molecular weight excluding hydrogens is 245 g/mol. The molecule has 0 aliphatic heterocycles. The van der Waals surface area contributed by atoms with Crippen LogP contribution in [0.2, 0.25) is 0 Å². The summed E-state index contributed by atoms with van der Waals surface area (Å²) in [5.74, 6) is -0.620. The van der Waals surface area contributed by atoms with E-state index in [4.69, 9.17) is 5.11 Å². The van der Waals surface area contributed by atoms with Crippen LogP contribution in [0.1, 0.15) is 18.9 Å². The first-order valence-corrected chi connectivity index (χ1v) is 6.97. The van der Waals surface area contributed by atoms with Gasteiger partial charge in [-0.2, -0.15) is 0 Å². The van der Waals surface area contributed by atoms with Crippen molar-refractivity contribution in [1.82, 2.24) is 4.72 Å². The van der Waals surface area contributed by atoms with Crippen LogP contribution in [0, 0.1) is 5.82 Å². The Morgan fingerprint density at radius 2 is 1.94 bits per heavy atom. The molecule has 2 N–H and O–H groups in total. The second-order valence-corrected chi connectivity index (χ2v) is 5.55. The highest BCUT2D eigenvalue weighted by Gasteiger charge is 2.16. The quantitative estimate of drug-likeness (QED) is 0.803. The van der Waals surface area contributed by atoms with Crippen LogP contribution < -0.4 is 4.72 Å². The van der Waals surface area contributed by atoms with Gasteiger partial charge in [0.1, 0.15) is 5.82 Å². The van der Waals surface area contributed by atoms with Crippen molar-refractivity contribution in [1.29, 1.82) is 0 Å². The van der Waals surface area contributed by atoms with Gasteiger partial charge in [-0.15, -0.1) is 0 Å². The largest absolute Gasteiger partial charge is 0.395 e. The van der Waals surface area contributed by atoms with E-state index in [-0.39, 0.29) is 12.4 Å². The van der Waals surface area contributed by atoms with Gasteiger partial charge in [0, 0.05) is 6.04 Å². The first kappa shape index (κ1) is 14.1. The second kappa shape index (κ2) is 6.09. The van der Waals surface area contributed by atoms with Crippen molar-refractivity contribution in [2.45, 2.75) is 25.1 Å². The molecule has 0 unspecified atom stereocenters. The molecule has 1 rings (SSSR count). The van der Waals surface area contributed by atoms with Gasteiger partial charge in [-0.25, -0.2) is 17.5 Å². The molecule has 0 bridgehead atoms. The Bertz CT molecular complexity index is 440. The Morgan fingerprint density at radius 1 is 1.35 bits per heavy atom. The molecule has 17 heavy (non-hydrogen) atoms. The van der Waals surface area contributed by atoms with Crippen molar-refractivity contribution >= 4 is 10.0 Å². The number of rotatable bonds is 6. The van der Waals surface area contributed by atoms with Gasteiger partial charge in [0.2, 0.25) is 10.0 Å². The number of aliphatic hydroxyl groups excluding tert-OH is 1. The van der Waals surface area contributed by atoms with E-state index in [2.05, 4.69) is 4.72 Å². The predicted octanol–water partition coefficient (Wildman–Crippen LogP) is 1.02. The summed E-state index contributed by atoms with van der Waals surface area (Å²) in [7, 11) is -3.50. The SMILES string of the molecule is CC[C@H](CO)NS(=O)(=O)Cc1ccc(F)cc1. The predicted molar refractivity (Wildman–Crippen MR) is 63.3 cm³/mol. The van der Waals surface area contributed by atoms with Gasteiger partial charge in [0.15, 0.2) is 0 Å². The van der Waals surface area contributed by atoms with Gasteiger partial charge in [0.25, 0.3) is 0 Å². The zero-order valence-electron chi connectivity index (χ0n) is 9.56. The minimum absolute atomic E-state index is 0.218. The van der Waals surface area contributed by atoms with Crippen LogP contribution in [0.25, 0.3) is 0 Å². The lowest BCUT2D eigenvalue weighted by molar-refractivity contribution is 0.254. The first-order chi connectivity index (χ1) is 7.96. The van der Waals surface area contributed by atoms with Gasteiger partial charge in [-0.3, -0.25) is 0 Å². The Kier molecular flexibility index (Phi) is 5.04. The van der Waals surface area contributed by atoms with E-state index in [1.165, 1.54) is 24.3 Å². The van der Waals surface area contributed by atoms with Gasteiger partial charge < -0.3 is 5.11 Å². The molecule has 96 valence electrons. The maximum atomic E-state index is 12.6. The van der Waals surface area contributed by atoms with Crippen molar-refractivity contribution < 1.29 is 17.9 Å². The summed E-state index contributed by atoms with van der Waals surface area (Å²) in [6.07, 6.45) is 0.513. The fourth-order valence-electron chi connectivity index (χ4n) is 1.35. The van der Waals surface area contributed by atoms with E-state index in [0.29, 0.717) is 12.0 Å². The average Bonchev–Trinajstić information content (AvgIpc) is 2.29. The van der Waals surface area contributed by atoms with Gasteiger partial charge >= 0.3 is 0 Å². The zero-order valence-corrected chi connectivity index (χ0v) is 10.4. The maximum absolute atomic E-state index is 12.6. The molecule has 0 spiro atoms. The number of sulfonamides is 1. The summed E-state index contributed by atoms with van der Waals surface area (Å²) in [6, 6.07) is 4.81. The molecule has 0 radical (unpaired) electrons. The lowest BCUT2D eigenvalue weighted by Gasteiger charge is -2.14. The standard InChI is InChI=1S/C11H16FNO3S/c1-2-11(7-14)13-17(15,16)8-9-3-5-10(12)6-4-9/h3-6,11,13-14H,2,7-8H2,1H3/t11-/m1/s1. The normalized spacial score (nSPS) is 13.6. The summed E-state index contributed by atoms with van der Waals surface area (Å²) in [5, 5.41) is 8.92. The monoisotopic (exact) mass is 261 g/mol. The Morgan fingerprint density at radius 3 is 2.41 bits per heavy atom. The Balaban J connectivity index is 2.69. The van der Waals surface area contributed by atoms with Crippen LogP contribution in [0.15, 0.2) is 24.3 Å². The minimum atomic E-state index is -3.50. The minimum Gasteiger partial charge on any atom is -0.395 e. The third-order valence-corrected chi connectivity index (χ3v) is 3.74. The lowest BCUT2D eigenvalue weighted by Crippen LogP contribution is -2.37. The molecule has 0 aliphatic carbocycles. The fourth-order valence-corrected chi connectivity index (χ4v) is 2.81. The van der Waals surface area contributed by atoms with Crippen molar-refractivity contribution in [2.75, 3.05) is 6.61 Å². The lowest BCUT2D eigenvalue weighted by atomic mass is 10.2. The molecule has 6 heteroatoms. The molecule has 0 fully saturated rings. The molecule has 0 amide bonds. The van der Waals surface area contributed by atoms with Crippen molar-refractivity contribution in [3.63, 3.8) is 0 Å². The van der Waals surface area contributed by atoms with E-state index in [1.54, 1.807) is 6.92 Å². The van der Waals surface area contributed by atoms with Crippen LogP contribution in [0.3, 0.4) is 0 Å². The Labute approximate surface area is 101 Å². The van der Waals surface area contributed by atoms with Crippen molar-refractivity contribution in [3.8, 4) is 0 Å². The zero-order chi connectivity index (χ0) is 12.9. The summed E-state index contributed by atoms with van der Waals surface area (Å²) >= 11 is 0. The van der Waals surface area contributed by atoms with Crippen molar-refractivity contribution in [3.05, 3.63) is 35.6 Å². The molecule has 0 heterocycles. The Hall–Kier alpha value is -0.980. The number of hydrogen-bond donors (Lipinski definition) is 2. The second-order valence-electron chi connectivity index (χ2n) is 3.79. The van der Waals surface area contributed by atoms with E-state index >= 15 is 0 Å². The first-order valence-electron chi connectivity index (χ1n) is 5.32. The van der Waals surface area contributed by atoms with Crippen molar-refractivity contribution in [2.24, 2.45) is 0 Å². The number of hydrogen-bond acceptors (Lipinski definition) is 3. The van der Waals surface area contributed by atoms with E-state index in [0.717, 1.165) is 0 Å². The summed E-state index contributed by atoms with van der Waals surface area (Å²) in [6.45, 7) is 1.54. The van der Waals surface area contributed by atoms with Gasteiger partial charge in [-0.05, 0) is 24.1 Å². The van der Waals surface area contributed by atoms with Gasteiger partial charge in [0.05, 0.1) is 12.4 Å². The highest BCUT2D eigenvalue weighted by Crippen LogP contribution is 2.07. The van der Waals surface area contributed by atoms with E-state index < -0.39 is 21.9 Å². The van der Waals surface area contributed by atoms with Crippen LogP contribution in [-0.4, -0.2) is 26.2 Å². The molecule has 4 nitrogen and oxygen atoms in total. The molecule has 0 saturated heterocycles. The average molecular weight is 261 g/mol. The summed E-state index contributed by atoms with van der Waals surface area (Å²) in [4.78, 5) is 0. The molecule has 0 saturated carbocycles. The molecule has 0 aromatic heterocycles. The van der Waals surface area contributed by atoms with Gasteiger partial charge in [-0.1, -0.05) is 19.1 Å². The van der Waals surface area contributed by atoms with Crippen LogP contribution >= 0.6 is 0 Å². The molecule has 0 aliphatic rings. The summed E-state index contributed by atoms with van der Waals surface area (Å²) in [5.41, 5.74) is 0.506. The fraction of sp³-hybridized carbons (Fsp3) is 0.455. The summed E-state index contributed by atoms with van der Waals surface area (Å²) < 4.78 is 38.4. The smallest absolute Gasteiger partial charge is 0.216 e. The number of nitrogens with one attached hydrogen (secondary N) is 1. The third-order valence-electron chi connectivity index (χ3n) is 2.33. The number of aliphatic hydroxyl groups is 1. The van der Waals surface area contributed by atoms with Crippen LogP contribution in [-0.2, 0) is 15.8 Å². The van der Waals surface area contributed by atoms with Crippen LogP contribution in [0.5, 0.6) is 0 Å². The number of halogens is 1. The molecular formula is C11H16FNO3S.